The summed E-state index contributed by atoms with van der Waals surface area (Å²) in [4.78, 5) is 17.3. The molecule has 0 saturated carbocycles. The zero-order chi connectivity index (χ0) is 17.4. The van der Waals surface area contributed by atoms with Gasteiger partial charge in [0.15, 0.2) is 11.2 Å². The van der Waals surface area contributed by atoms with Crippen LogP contribution in [0.15, 0.2) is 53.9 Å². The maximum atomic E-state index is 11.8. The molecule has 0 aliphatic heterocycles. The average molecular weight is 369 g/mol. The lowest BCUT2D eigenvalue weighted by Crippen LogP contribution is -1.94. The van der Waals surface area contributed by atoms with E-state index in [1.165, 1.54) is 11.3 Å². The average Bonchev–Trinajstić information content (AvgIpc) is 3.21. The number of halogens is 1. The van der Waals surface area contributed by atoms with Crippen molar-refractivity contribution in [2.75, 3.05) is 7.11 Å². The standard InChI is InChI=1S/C19H13ClN2O2S/c1-24-15-8-4-13(5-9-15)18-16(10-23)22-17(11-25-19(22)21-18)12-2-6-14(20)7-3-12/h2-11H,1H3. The second kappa shape index (κ2) is 6.35. The maximum absolute atomic E-state index is 11.8. The number of carbonyl (C=O) groups excluding carboxylic acids is 1. The van der Waals surface area contributed by atoms with Crippen molar-refractivity contribution in [3.63, 3.8) is 0 Å². The van der Waals surface area contributed by atoms with Gasteiger partial charge >= 0.3 is 0 Å². The van der Waals surface area contributed by atoms with Crippen LogP contribution in [0.2, 0.25) is 5.02 Å². The van der Waals surface area contributed by atoms with E-state index in [0.717, 1.165) is 33.8 Å². The van der Waals surface area contributed by atoms with Gasteiger partial charge in [-0.2, -0.15) is 0 Å². The lowest BCUT2D eigenvalue weighted by Gasteiger charge is -2.04. The molecule has 4 nitrogen and oxygen atoms in total. The molecule has 0 bridgehead atoms. The zero-order valence-corrected chi connectivity index (χ0v) is 14.8. The van der Waals surface area contributed by atoms with Gasteiger partial charge in [-0.15, -0.1) is 11.3 Å². The number of fused-ring (bicyclic) bond motifs is 1. The van der Waals surface area contributed by atoms with Gasteiger partial charge in [0.2, 0.25) is 0 Å². The SMILES string of the molecule is COc1ccc(-c2nc3scc(-c4ccc(Cl)cc4)n3c2C=O)cc1. The van der Waals surface area contributed by atoms with E-state index < -0.39 is 0 Å². The summed E-state index contributed by atoms with van der Waals surface area (Å²) in [6.07, 6.45) is 0.853. The highest BCUT2D eigenvalue weighted by Gasteiger charge is 2.18. The minimum Gasteiger partial charge on any atom is -0.497 e. The Morgan fingerprint density at radius 2 is 1.76 bits per heavy atom. The van der Waals surface area contributed by atoms with Gasteiger partial charge < -0.3 is 4.74 Å². The topological polar surface area (TPSA) is 43.6 Å². The molecule has 0 fully saturated rings. The molecule has 0 saturated heterocycles. The van der Waals surface area contributed by atoms with E-state index in [2.05, 4.69) is 4.98 Å². The smallest absolute Gasteiger partial charge is 0.195 e. The minimum absolute atomic E-state index is 0.534. The van der Waals surface area contributed by atoms with Crippen molar-refractivity contribution >= 4 is 34.2 Å². The Balaban J connectivity index is 1.90. The molecule has 0 aliphatic carbocycles. The molecule has 4 aromatic rings. The van der Waals surface area contributed by atoms with Gasteiger partial charge in [0, 0.05) is 16.0 Å². The van der Waals surface area contributed by atoms with E-state index in [1.54, 1.807) is 7.11 Å². The van der Waals surface area contributed by atoms with Crippen molar-refractivity contribution in [1.82, 2.24) is 9.38 Å². The predicted molar refractivity (Wildman–Crippen MR) is 101 cm³/mol. The van der Waals surface area contributed by atoms with Crippen molar-refractivity contribution < 1.29 is 9.53 Å². The van der Waals surface area contributed by atoms with Crippen LogP contribution in [0.5, 0.6) is 5.75 Å². The summed E-state index contributed by atoms with van der Waals surface area (Å²) in [5, 5.41) is 2.67. The van der Waals surface area contributed by atoms with Crippen LogP contribution in [0.3, 0.4) is 0 Å². The quantitative estimate of drug-likeness (QED) is 0.465. The number of hydrogen-bond acceptors (Lipinski definition) is 4. The van der Waals surface area contributed by atoms with Gasteiger partial charge in [0.1, 0.15) is 17.1 Å². The second-order valence-electron chi connectivity index (χ2n) is 5.44. The first kappa shape index (κ1) is 15.9. The Morgan fingerprint density at radius 1 is 1.08 bits per heavy atom. The Labute approximate surface area is 153 Å². The number of imidazole rings is 1. The Kier molecular flexibility index (Phi) is 4.03. The third-order valence-electron chi connectivity index (χ3n) is 4.01. The Bertz CT molecular complexity index is 1050. The van der Waals surface area contributed by atoms with Crippen molar-refractivity contribution in [3.05, 3.63) is 64.6 Å². The van der Waals surface area contributed by atoms with Crippen LogP contribution in [0.1, 0.15) is 10.5 Å². The number of methoxy groups -OCH3 is 1. The molecule has 6 heteroatoms. The van der Waals surface area contributed by atoms with Crippen molar-refractivity contribution in [2.24, 2.45) is 0 Å². The highest BCUT2D eigenvalue weighted by Crippen LogP contribution is 2.33. The summed E-state index contributed by atoms with van der Waals surface area (Å²) >= 11 is 7.48. The maximum Gasteiger partial charge on any atom is 0.195 e. The summed E-state index contributed by atoms with van der Waals surface area (Å²) in [5.41, 5.74) is 3.98. The molecule has 0 radical (unpaired) electrons. The third-order valence-corrected chi connectivity index (χ3v) is 5.09. The van der Waals surface area contributed by atoms with E-state index in [9.17, 15) is 4.79 Å². The van der Waals surface area contributed by atoms with Gasteiger partial charge in [-0.3, -0.25) is 9.20 Å². The fourth-order valence-corrected chi connectivity index (χ4v) is 3.80. The van der Waals surface area contributed by atoms with Crippen LogP contribution in [0.4, 0.5) is 0 Å². The zero-order valence-electron chi connectivity index (χ0n) is 13.3. The first-order valence-corrected chi connectivity index (χ1v) is 8.82. The van der Waals surface area contributed by atoms with E-state index in [1.807, 2.05) is 58.3 Å². The Morgan fingerprint density at radius 3 is 2.40 bits per heavy atom. The van der Waals surface area contributed by atoms with Gasteiger partial charge in [-0.05, 0) is 42.0 Å². The van der Waals surface area contributed by atoms with Crippen LogP contribution in [0, 0.1) is 0 Å². The first-order valence-electron chi connectivity index (χ1n) is 7.57. The predicted octanol–water partition coefficient (Wildman–Crippen LogP) is 5.20. The molecule has 25 heavy (non-hydrogen) atoms. The van der Waals surface area contributed by atoms with E-state index in [-0.39, 0.29) is 0 Å². The van der Waals surface area contributed by atoms with E-state index in [0.29, 0.717) is 16.4 Å². The number of carbonyl (C=O) groups is 1. The van der Waals surface area contributed by atoms with E-state index in [4.69, 9.17) is 16.3 Å². The number of hydrogen-bond donors (Lipinski definition) is 0. The first-order chi connectivity index (χ1) is 12.2. The summed E-state index contributed by atoms with van der Waals surface area (Å²) in [7, 11) is 1.62. The summed E-state index contributed by atoms with van der Waals surface area (Å²) in [6.45, 7) is 0. The van der Waals surface area contributed by atoms with Crippen LogP contribution in [0.25, 0.3) is 27.5 Å². The number of rotatable bonds is 4. The molecular weight excluding hydrogens is 356 g/mol. The summed E-state index contributed by atoms with van der Waals surface area (Å²) < 4.78 is 7.08. The number of nitrogens with zero attached hydrogens (tertiary/aromatic N) is 2. The molecule has 0 amide bonds. The molecule has 0 spiro atoms. The van der Waals surface area contributed by atoms with Crippen LogP contribution in [-0.2, 0) is 0 Å². The van der Waals surface area contributed by atoms with Gasteiger partial charge in [0.05, 0.1) is 12.8 Å². The number of benzene rings is 2. The van der Waals surface area contributed by atoms with Crippen molar-refractivity contribution in [3.8, 4) is 28.3 Å². The lowest BCUT2D eigenvalue weighted by atomic mass is 10.1. The molecule has 124 valence electrons. The highest BCUT2D eigenvalue weighted by molar-refractivity contribution is 7.15. The molecule has 4 rings (SSSR count). The highest BCUT2D eigenvalue weighted by atomic mass is 35.5. The minimum atomic E-state index is 0.534. The molecule has 0 unspecified atom stereocenters. The van der Waals surface area contributed by atoms with Crippen molar-refractivity contribution in [1.29, 1.82) is 0 Å². The fourth-order valence-electron chi connectivity index (χ4n) is 2.77. The van der Waals surface area contributed by atoms with Crippen LogP contribution >= 0.6 is 22.9 Å². The molecule has 0 atom stereocenters. The van der Waals surface area contributed by atoms with Crippen molar-refractivity contribution in [2.45, 2.75) is 0 Å². The molecule has 2 aromatic heterocycles. The van der Waals surface area contributed by atoms with Gasteiger partial charge in [0.25, 0.3) is 0 Å². The molecule has 0 aliphatic rings. The number of aromatic nitrogens is 2. The molecular formula is C19H13ClN2O2S. The normalized spacial score (nSPS) is 11.0. The number of thiazole rings is 1. The largest absolute Gasteiger partial charge is 0.497 e. The Hall–Kier alpha value is -2.63. The second-order valence-corrected chi connectivity index (χ2v) is 6.71. The van der Waals surface area contributed by atoms with Gasteiger partial charge in [-0.25, -0.2) is 4.98 Å². The third kappa shape index (κ3) is 2.71. The summed E-state index contributed by atoms with van der Waals surface area (Å²) in [5.74, 6) is 0.763. The fraction of sp³-hybridized carbons (Fsp3) is 0.0526. The summed E-state index contributed by atoms with van der Waals surface area (Å²) in [6, 6.07) is 15.1. The van der Waals surface area contributed by atoms with Crippen LogP contribution in [-0.4, -0.2) is 22.8 Å². The van der Waals surface area contributed by atoms with Gasteiger partial charge in [-0.1, -0.05) is 23.7 Å². The van der Waals surface area contributed by atoms with E-state index >= 15 is 0 Å². The number of ether oxygens (including phenoxy) is 1. The lowest BCUT2D eigenvalue weighted by molar-refractivity contribution is 0.111. The monoisotopic (exact) mass is 368 g/mol. The molecule has 0 N–H and O–H groups in total. The van der Waals surface area contributed by atoms with Crippen LogP contribution < -0.4 is 4.74 Å². The molecule has 2 heterocycles. The molecule has 2 aromatic carbocycles. The number of aldehydes is 1.